The van der Waals surface area contributed by atoms with Crippen molar-refractivity contribution >= 4 is 38.6 Å². The normalized spacial score (nSPS) is 11.2. The fourth-order valence-electron chi connectivity index (χ4n) is 2.42. The first kappa shape index (κ1) is 18.1. The molecule has 0 unspecified atom stereocenters. The Bertz CT molecular complexity index is 961. The van der Waals surface area contributed by atoms with Crippen LogP contribution in [0.25, 0.3) is 10.9 Å². The Morgan fingerprint density at radius 2 is 2.08 bits per heavy atom. The van der Waals surface area contributed by atoms with Crippen molar-refractivity contribution in [1.82, 2.24) is 9.55 Å². The highest BCUT2D eigenvalue weighted by atomic mass is 79.9. The maximum Gasteiger partial charge on any atom is 0.262 e. The number of nitrogens with zero attached hydrogens (tertiary/aromatic N) is 2. The number of ether oxygens (including phenoxy) is 1. The molecule has 0 N–H and O–H groups in total. The second kappa shape index (κ2) is 8.12. The number of hydrogen-bond acceptors (Lipinski definition) is 4. The fraction of sp³-hybridized carbons (Fsp3) is 0.222. The van der Waals surface area contributed by atoms with Gasteiger partial charge in [-0.3, -0.25) is 9.36 Å². The van der Waals surface area contributed by atoms with Crippen LogP contribution in [0.5, 0.6) is 0 Å². The van der Waals surface area contributed by atoms with Crippen LogP contribution in [-0.4, -0.2) is 23.3 Å². The molecule has 0 radical (unpaired) electrons. The average Bonchev–Trinajstić information content (AvgIpc) is 2.60. The van der Waals surface area contributed by atoms with Crippen molar-refractivity contribution in [1.29, 1.82) is 0 Å². The SMILES string of the molecule is COCCn1c(SCc2ccc(Br)cc2F)nc2ccccc2c1=O. The number of hydrogen-bond donors (Lipinski definition) is 0. The number of thioether (sulfide) groups is 1. The van der Waals surface area contributed by atoms with E-state index in [1.807, 2.05) is 18.2 Å². The molecule has 3 aromatic rings. The van der Waals surface area contributed by atoms with Crippen LogP contribution in [0.15, 0.2) is 56.9 Å². The minimum atomic E-state index is -0.284. The van der Waals surface area contributed by atoms with Crippen molar-refractivity contribution < 1.29 is 9.13 Å². The van der Waals surface area contributed by atoms with Crippen molar-refractivity contribution in [2.45, 2.75) is 17.5 Å². The quantitative estimate of drug-likeness (QED) is 0.440. The molecule has 2 aromatic carbocycles. The second-order valence-electron chi connectivity index (χ2n) is 5.39. The smallest absolute Gasteiger partial charge is 0.262 e. The van der Waals surface area contributed by atoms with E-state index in [1.165, 1.54) is 17.8 Å². The van der Waals surface area contributed by atoms with Crippen LogP contribution in [0.2, 0.25) is 0 Å². The minimum absolute atomic E-state index is 0.110. The zero-order chi connectivity index (χ0) is 17.8. The highest BCUT2D eigenvalue weighted by Crippen LogP contribution is 2.25. The van der Waals surface area contributed by atoms with Crippen LogP contribution < -0.4 is 5.56 Å². The van der Waals surface area contributed by atoms with Gasteiger partial charge in [0.25, 0.3) is 5.56 Å². The third-order valence-electron chi connectivity index (χ3n) is 3.72. The monoisotopic (exact) mass is 422 g/mol. The molecule has 0 aliphatic carbocycles. The highest BCUT2D eigenvalue weighted by molar-refractivity contribution is 9.10. The lowest BCUT2D eigenvalue weighted by atomic mass is 10.2. The first-order valence-corrected chi connectivity index (χ1v) is 9.43. The van der Waals surface area contributed by atoms with Crippen LogP contribution in [0.4, 0.5) is 4.39 Å². The number of benzene rings is 2. The molecule has 25 heavy (non-hydrogen) atoms. The summed E-state index contributed by atoms with van der Waals surface area (Å²) in [6.45, 7) is 0.804. The number of fused-ring (bicyclic) bond motifs is 1. The Kier molecular flexibility index (Phi) is 5.88. The molecule has 4 nitrogen and oxygen atoms in total. The summed E-state index contributed by atoms with van der Waals surface area (Å²) in [6, 6.07) is 12.2. The number of methoxy groups -OCH3 is 1. The summed E-state index contributed by atoms with van der Waals surface area (Å²) >= 11 is 4.59. The van der Waals surface area contributed by atoms with Gasteiger partial charge in [-0.15, -0.1) is 0 Å². The second-order valence-corrected chi connectivity index (χ2v) is 7.24. The summed E-state index contributed by atoms with van der Waals surface area (Å²) in [5.41, 5.74) is 1.09. The fourth-order valence-corrected chi connectivity index (χ4v) is 3.76. The molecule has 1 heterocycles. The molecule has 0 spiro atoms. The maximum absolute atomic E-state index is 14.0. The average molecular weight is 423 g/mol. The number of rotatable bonds is 6. The van der Waals surface area contributed by atoms with E-state index in [-0.39, 0.29) is 11.4 Å². The number of para-hydroxylation sites is 1. The molecule has 7 heteroatoms. The third-order valence-corrected chi connectivity index (χ3v) is 5.24. The van der Waals surface area contributed by atoms with Gasteiger partial charge in [0, 0.05) is 17.3 Å². The molecule has 0 amide bonds. The van der Waals surface area contributed by atoms with E-state index in [0.717, 1.165) is 0 Å². The van der Waals surface area contributed by atoms with Crippen molar-refractivity contribution in [2.75, 3.05) is 13.7 Å². The van der Waals surface area contributed by atoms with Crippen molar-refractivity contribution in [3.8, 4) is 0 Å². The maximum atomic E-state index is 14.0. The predicted molar refractivity (Wildman–Crippen MR) is 102 cm³/mol. The number of halogens is 2. The van der Waals surface area contributed by atoms with E-state index in [1.54, 1.807) is 29.9 Å². The minimum Gasteiger partial charge on any atom is -0.383 e. The third kappa shape index (κ3) is 4.11. The summed E-state index contributed by atoms with van der Waals surface area (Å²) in [6.07, 6.45) is 0. The lowest BCUT2D eigenvalue weighted by molar-refractivity contribution is 0.183. The van der Waals surface area contributed by atoms with E-state index >= 15 is 0 Å². The topological polar surface area (TPSA) is 44.1 Å². The van der Waals surface area contributed by atoms with Gasteiger partial charge in [-0.2, -0.15) is 0 Å². The van der Waals surface area contributed by atoms with Gasteiger partial charge in [0.15, 0.2) is 5.16 Å². The molecule has 0 saturated carbocycles. The largest absolute Gasteiger partial charge is 0.383 e. The summed E-state index contributed by atoms with van der Waals surface area (Å²) in [4.78, 5) is 17.3. The van der Waals surface area contributed by atoms with Gasteiger partial charge in [0.1, 0.15) is 5.82 Å². The molecule has 1 aromatic heterocycles. The zero-order valence-electron chi connectivity index (χ0n) is 13.5. The van der Waals surface area contributed by atoms with E-state index in [0.29, 0.717) is 45.0 Å². The van der Waals surface area contributed by atoms with E-state index in [2.05, 4.69) is 20.9 Å². The van der Waals surface area contributed by atoms with Crippen LogP contribution in [0.1, 0.15) is 5.56 Å². The predicted octanol–water partition coefficient (Wildman–Crippen LogP) is 4.24. The van der Waals surface area contributed by atoms with Gasteiger partial charge in [0.05, 0.1) is 24.1 Å². The van der Waals surface area contributed by atoms with Crippen LogP contribution in [0.3, 0.4) is 0 Å². The van der Waals surface area contributed by atoms with Crippen molar-refractivity contribution in [3.63, 3.8) is 0 Å². The van der Waals surface area contributed by atoms with Gasteiger partial charge in [0.2, 0.25) is 0 Å². The van der Waals surface area contributed by atoms with Crippen LogP contribution in [-0.2, 0) is 17.0 Å². The van der Waals surface area contributed by atoms with Crippen molar-refractivity contribution in [2.24, 2.45) is 0 Å². The van der Waals surface area contributed by atoms with Gasteiger partial charge >= 0.3 is 0 Å². The molecule has 0 saturated heterocycles. The van der Waals surface area contributed by atoms with Gasteiger partial charge in [-0.05, 0) is 29.8 Å². The Morgan fingerprint density at radius 3 is 2.84 bits per heavy atom. The van der Waals surface area contributed by atoms with Gasteiger partial charge < -0.3 is 4.74 Å². The first-order chi connectivity index (χ1) is 12.1. The zero-order valence-corrected chi connectivity index (χ0v) is 15.9. The Labute approximate surface area is 157 Å². The summed E-state index contributed by atoms with van der Waals surface area (Å²) in [5, 5.41) is 1.13. The van der Waals surface area contributed by atoms with Gasteiger partial charge in [-0.25, -0.2) is 9.37 Å². The molecule has 0 fully saturated rings. The molecular weight excluding hydrogens is 407 g/mol. The Hall–Kier alpha value is -1.70. The van der Waals surface area contributed by atoms with Crippen molar-refractivity contribution in [3.05, 3.63) is 68.7 Å². The number of aromatic nitrogens is 2. The van der Waals surface area contributed by atoms with E-state index in [9.17, 15) is 9.18 Å². The molecule has 3 rings (SSSR count). The van der Waals surface area contributed by atoms with E-state index < -0.39 is 0 Å². The Balaban J connectivity index is 1.97. The Morgan fingerprint density at radius 1 is 1.28 bits per heavy atom. The van der Waals surface area contributed by atoms with Crippen LogP contribution in [0, 0.1) is 5.82 Å². The summed E-state index contributed by atoms with van der Waals surface area (Å²) in [5.74, 6) is 0.102. The lowest BCUT2D eigenvalue weighted by Gasteiger charge is -2.13. The molecule has 0 aliphatic rings. The molecule has 130 valence electrons. The molecule has 0 aliphatic heterocycles. The highest BCUT2D eigenvalue weighted by Gasteiger charge is 2.12. The summed E-state index contributed by atoms with van der Waals surface area (Å²) < 4.78 is 21.4. The molecule has 0 atom stereocenters. The summed E-state index contributed by atoms with van der Waals surface area (Å²) in [7, 11) is 1.59. The standard InChI is InChI=1S/C18H16BrFN2O2S/c1-24-9-8-22-17(23)14-4-2-3-5-16(14)21-18(22)25-11-12-6-7-13(19)10-15(12)20/h2-7,10H,8-9,11H2,1H3. The van der Waals surface area contributed by atoms with E-state index in [4.69, 9.17) is 4.74 Å². The molecule has 0 bridgehead atoms. The van der Waals surface area contributed by atoms with Gasteiger partial charge in [-0.1, -0.05) is 45.9 Å². The lowest BCUT2D eigenvalue weighted by Crippen LogP contribution is -2.25. The van der Waals surface area contributed by atoms with Crippen LogP contribution >= 0.6 is 27.7 Å². The molecular formula is C18H16BrFN2O2S. The first-order valence-electron chi connectivity index (χ1n) is 7.65.